The van der Waals surface area contributed by atoms with Crippen LogP contribution in [0.3, 0.4) is 0 Å². The lowest BCUT2D eigenvalue weighted by molar-refractivity contribution is -0.476. The van der Waals surface area contributed by atoms with Crippen molar-refractivity contribution in [2.75, 3.05) is 25.7 Å². The molecular formula is C26H37N2O+. The number of hydrogen-bond acceptors (Lipinski definition) is 2. The van der Waals surface area contributed by atoms with Crippen molar-refractivity contribution in [3.8, 4) is 5.75 Å². The number of fused-ring (bicyclic) bond motifs is 1. The van der Waals surface area contributed by atoms with Crippen LogP contribution in [0.5, 0.6) is 5.75 Å². The van der Waals surface area contributed by atoms with Gasteiger partial charge in [-0.1, -0.05) is 47.6 Å². The Labute approximate surface area is 177 Å². The Morgan fingerprint density at radius 1 is 0.931 bits per heavy atom. The molecule has 3 heteroatoms. The van der Waals surface area contributed by atoms with E-state index in [0.29, 0.717) is 6.73 Å². The topological polar surface area (TPSA) is 15.5 Å². The molecule has 1 aliphatic rings. The minimum absolute atomic E-state index is 0.0767. The summed E-state index contributed by atoms with van der Waals surface area (Å²) in [7, 11) is 4.13. The van der Waals surface area contributed by atoms with E-state index in [9.17, 15) is 0 Å². The third-order valence-corrected chi connectivity index (χ3v) is 6.74. The summed E-state index contributed by atoms with van der Waals surface area (Å²) in [5.41, 5.74) is 6.46. The molecule has 0 saturated heterocycles. The van der Waals surface area contributed by atoms with E-state index in [-0.39, 0.29) is 10.8 Å². The zero-order valence-electron chi connectivity index (χ0n) is 19.5. The van der Waals surface area contributed by atoms with E-state index in [1.165, 1.54) is 22.4 Å². The summed E-state index contributed by atoms with van der Waals surface area (Å²) in [6, 6.07) is 13.4. The fraction of sp³-hybridized carbons (Fsp3) is 0.500. The molecule has 1 heterocycles. The fourth-order valence-corrected chi connectivity index (χ4v) is 3.63. The van der Waals surface area contributed by atoms with Crippen molar-refractivity contribution in [1.82, 2.24) is 0 Å². The highest BCUT2D eigenvalue weighted by molar-refractivity contribution is 5.83. The van der Waals surface area contributed by atoms with Crippen molar-refractivity contribution in [2.45, 2.75) is 65.2 Å². The van der Waals surface area contributed by atoms with Crippen molar-refractivity contribution in [1.29, 1.82) is 0 Å². The van der Waals surface area contributed by atoms with E-state index in [1.54, 1.807) is 0 Å². The summed E-state index contributed by atoms with van der Waals surface area (Å²) in [5.74, 6) is 1.05. The first kappa shape index (κ1) is 21.4. The average Bonchev–Trinajstić information content (AvgIpc) is 2.72. The quantitative estimate of drug-likeness (QED) is 0.540. The van der Waals surface area contributed by atoms with Crippen LogP contribution < -0.4 is 9.64 Å². The van der Waals surface area contributed by atoms with Crippen LogP contribution in [0.2, 0.25) is 0 Å². The van der Waals surface area contributed by atoms with Gasteiger partial charge in [-0.2, -0.15) is 4.58 Å². The predicted octanol–water partition coefficient (Wildman–Crippen LogP) is 6.24. The molecule has 0 saturated carbocycles. The van der Waals surface area contributed by atoms with Gasteiger partial charge in [0, 0.05) is 37.5 Å². The van der Waals surface area contributed by atoms with Gasteiger partial charge in [-0.3, -0.25) is 0 Å². The lowest BCUT2D eigenvalue weighted by Crippen LogP contribution is -2.27. The van der Waals surface area contributed by atoms with Crippen molar-refractivity contribution in [2.24, 2.45) is 0 Å². The molecule has 0 fully saturated rings. The molecule has 0 aliphatic carbocycles. The van der Waals surface area contributed by atoms with E-state index in [2.05, 4.69) is 108 Å². The van der Waals surface area contributed by atoms with Crippen LogP contribution in [0.4, 0.5) is 11.4 Å². The molecule has 2 aromatic rings. The highest BCUT2D eigenvalue weighted by atomic mass is 16.5. The van der Waals surface area contributed by atoms with Crippen LogP contribution in [0.1, 0.15) is 71.1 Å². The summed E-state index contributed by atoms with van der Waals surface area (Å²) in [4.78, 5) is 2.12. The van der Waals surface area contributed by atoms with Gasteiger partial charge in [0.15, 0.2) is 6.21 Å². The Morgan fingerprint density at radius 2 is 1.55 bits per heavy atom. The average molecular weight is 394 g/mol. The number of benzene rings is 2. The van der Waals surface area contributed by atoms with Gasteiger partial charge >= 0.3 is 0 Å². The monoisotopic (exact) mass is 393 g/mol. The molecule has 29 heavy (non-hydrogen) atoms. The van der Waals surface area contributed by atoms with E-state index >= 15 is 0 Å². The molecule has 0 radical (unpaired) electrons. The summed E-state index contributed by atoms with van der Waals surface area (Å²) in [5, 5.41) is 0. The van der Waals surface area contributed by atoms with E-state index < -0.39 is 0 Å². The maximum Gasteiger partial charge on any atom is 0.292 e. The van der Waals surface area contributed by atoms with Gasteiger partial charge in [0.25, 0.3) is 6.73 Å². The predicted molar refractivity (Wildman–Crippen MR) is 124 cm³/mol. The number of anilines is 1. The Hall–Kier alpha value is -2.29. The van der Waals surface area contributed by atoms with Crippen molar-refractivity contribution in [3.63, 3.8) is 0 Å². The van der Waals surface area contributed by atoms with E-state index in [1.807, 2.05) is 0 Å². The lowest BCUT2D eigenvalue weighted by Gasteiger charge is -2.32. The van der Waals surface area contributed by atoms with E-state index in [0.717, 1.165) is 24.3 Å². The smallest absolute Gasteiger partial charge is 0.292 e. The first-order valence-electron chi connectivity index (χ1n) is 10.8. The number of nitrogens with zero attached hydrogens (tertiary/aromatic N) is 2. The summed E-state index contributed by atoms with van der Waals surface area (Å²) < 4.78 is 8.57. The molecule has 0 unspecified atom stereocenters. The normalized spacial score (nSPS) is 14.1. The van der Waals surface area contributed by atoms with Crippen LogP contribution in [0.25, 0.3) is 0 Å². The Kier molecular flexibility index (Phi) is 5.80. The zero-order valence-corrected chi connectivity index (χ0v) is 19.5. The van der Waals surface area contributed by atoms with Crippen LogP contribution >= 0.6 is 0 Å². The maximum atomic E-state index is 6.37. The molecule has 0 N–H and O–H groups in total. The van der Waals surface area contributed by atoms with Crippen molar-refractivity contribution >= 4 is 17.6 Å². The van der Waals surface area contributed by atoms with Crippen LogP contribution in [0.15, 0.2) is 36.4 Å². The molecule has 156 valence electrons. The standard InChI is InChI=1S/C26H37N2O/c1-9-25(3,4)20-15-19-17-28(22-13-11-21(12-14-22)27(7)8)18-29-24(19)23(16-20)26(5,6)10-2/h11-17H,9-10,18H2,1-8H3/q+1. The van der Waals surface area contributed by atoms with Gasteiger partial charge in [0.05, 0.1) is 5.56 Å². The maximum absolute atomic E-state index is 6.37. The highest BCUT2D eigenvalue weighted by Gasteiger charge is 2.32. The molecule has 0 spiro atoms. The number of rotatable bonds is 6. The fourth-order valence-electron chi connectivity index (χ4n) is 3.63. The first-order chi connectivity index (χ1) is 13.6. The van der Waals surface area contributed by atoms with Gasteiger partial charge in [-0.25, -0.2) is 0 Å². The second-order valence-electron chi connectivity index (χ2n) is 9.70. The highest BCUT2D eigenvalue weighted by Crippen LogP contribution is 2.41. The molecule has 3 rings (SSSR count). The largest absolute Gasteiger partial charge is 0.435 e. The summed E-state index contributed by atoms with van der Waals surface area (Å²) >= 11 is 0. The van der Waals surface area contributed by atoms with E-state index in [4.69, 9.17) is 4.74 Å². The minimum atomic E-state index is 0.0767. The summed E-state index contributed by atoms with van der Waals surface area (Å²) in [6.07, 6.45) is 4.44. The number of ether oxygens (including phenoxy) is 1. The SMILES string of the molecule is CCC(C)(C)c1cc2c(c(C(C)(C)CC)c1)OC[N+](c1ccc(N(C)C)cc1)=C2. The van der Waals surface area contributed by atoms with Gasteiger partial charge in [-0.15, -0.1) is 0 Å². The molecule has 1 aliphatic heterocycles. The molecule has 0 bridgehead atoms. The Bertz CT molecular complexity index is 905. The van der Waals surface area contributed by atoms with Crippen LogP contribution in [-0.4, -0.2) is 31.6 Å². The van der Waals surface area contributed by atoms with Crippen molar-refractivity contribution < 1.29 is 9.31 Å². The number of hydrogen-bond donors (Lipinski definition) is 0. The summed E-state index contributed by atoms with van der Waals surface area (Å²) in [6.45, 7) is 14.4. The molecule has 3 nitrogen and oxygen atoms in total. The van der Waals surface area contributed by atoms with Gasteiger partial charge in [0.2, 0.25) is 5.69 Å². The third-order valence-electron chi connectivity index (χ3n) is 6.74. The second-order valence-corrected chi connectivity index (χ2v) is 9.70. The molecule has 2 aromatic carbocycles. The first-order valence-corrected chi connectivity index (χ1v) is 10.8. The van der Waals surface area contributed by atoms with Crippen molar-refractivity contribution in [3.05, 3.63) is 53.1 Å². The van der Waals surface area contributed by atoms with Gasteiger partial charge in [0.1, 0.15) is 5.75 Å². The molecule has 0 aromatic heterocycles. The second kappa shape index (κ2) is 7.85. The van der Waals surface area contributed by atoms with Crippen LogP contribution in [-0.2, 0) is 10.8 Å². The minimum Gasteiger partial charge on any atom is -0.435 e. The van der Waals surface area contributed by atoms with Crippen LogP contribution in [0, 0.1) is 0 Å². The Balaban J connectivity index is 2.12. The van der Waals surface area contributed by atoms with Gasteiger partial charge < -0.3 is 9.64 Å². The zero-order chi connectivity index (χ0) is 21.4. The Morgan fingerprint density at radius 3 is 2.10 bits per heavy atom. The molecular weight excluding hydrogens is 356 g/mol. The molecule has 0 amide bonds. The lowest BCUT2D eigenvalue weighted by atomic mass is 9.75. The molecule has 0 atom stereocenters. The third kappa shape index (κ3) is 4.19. The van der Waals surface area contributed by atoms with Gasteiger partial charge in [-0.05, 0) is 47.4 Å².